The number of nitrogens with zero attached hydrogens (tertiary/aromatic N) is 1. The molecule has 90 valence electrons. The summed E-state index contributed by atoms with van der Waals surface area (Å²) in [5.41, 5.74) is 2.46. The van der Waals surface area contributed by atoms with E-state index in [2.05, 4.69) is 16.4 Å². The zero-order valence-corrected chi connectivity index (χ0v) is 10.5. The Kier molecular flexibility index (Phi) is 2.81. The smallest absolute Gasteiger partial charge is 0.171 e. The maximum Gasteiger partial charge on any atom is 0.171 e. The molecule has 0 spiro atoms. The first-order chi connectivity index (χ1) is 8.29. The SMILES string of the molecule is COc1cc(C2=CC[C@H]3CCN[C@@H]23)cnc1Cl. The Morgan fingerprint density at radius 2 is 2.41 bits per heavy atom. The van der Waals surface area contributed by atoms with Gasteiger partial charge in [0.25, 0.3) is 0 Å². The Hall–Kier alpha value is -1.06. The molecule has 2 aliphatic rings. The molecule has 1 aromatic heterocycles. The zero-order chi connectivity index (χ0) is 11.8. The van der Waals surface area contributed by atoms with Crippen molar-refractivity contribution in [2.75, 3.05) is 13.7 Å². The molecular weight excluding hydrogens is 236 g/mol. The fourth-order valence-electron chi connectivity index (χ4n) is 2.81. The molecule has 0 aromatic carbocycles. The maximum atomic E-state index is 5.94. The second-order valence-electron chi connectivity index (χ2n) is 4.59. The van der Waals surface area contributed by atoms with Gasteiger partial charge in [-0.1, -0.05) is 17.7 Å². The van der Waals surface area contributed by atoms with Crippen molar-refractivity contribution in [3.63, 3.8) is 0 Å². The van der Waals surface area contributed by atoms with Gasteiger partial charge in [0.05, 0.1) is 7.11 Å². The Morgan fingerprint density at radius 3 is 3.24 bits per heavy atom. The highest BCUT2D eigenvalue weighted by molar-refractivity contribution is 6.30. The molecule has 0 unspecified atom stereocenters. The van der Waals surface area contributed by atoms with E-state index in [-0.39, 0.29) is 0 Å². The van der Waals surface area contributed by atoms with E-state index in [4.69, 9.17) is 16.3 Å². The number of ether oxygens (including phenoxy) is 1. The Morgan fingerprint density at radius 1 is 1.53 bits per heavy atom. The van der Waals surface area contributed by atoms with Crippen molar-refractivity contribution in [1.82, 2.24) is 10.3 Å². The lowest BCUT2D eigenvalue weighted by atomic mass is 9.97. The molecule has 0 saturated carbocycles. The van der Waals surface area contributed by atoms with Crippen molar-refractivity contribution < 1.29 is 4.74 Å². The normalized spacial score (nSPS) is 26.8. The monoisotopic (exact) mass is 250 g/mol. The lowest BCUT2D eigenvalue weighted by Gasteiger charge is -2.15. The molecule has 0 amide bonds. The van der Waals surface area contributed by atoms with Gasteiger partial charge in [-0.2, -0.15) is 0 Å². The Balaban J connectivity index is 1.94. The third-order valence-electron chi connectivity index (χ3n) is 3.69. The predicted molar refractivity (Wildman–Crippen MR) is 68.3 cm³/mol. The van der Waals surface area contributed by atoms with Gasteiger partial charge < -0.3 is 10.1 Å². The summed E-state index contributed by atoms with van der Waals surface area (Å²) in [5.74, 6) is 1.40. The van der Waals surface area contributed by atoms with Crippen LogP contribution in [0.5, 0.6) is 5.75 Å². The minimum absolute atomic E-state index is 0.422. The van der Waals surface area contributed by atoms with E-state index in [0.717, 1.165) is 24.4 Å². The van der Waals surface area contributed by atoms with Crippen molar-refractivity contribution >= 4 is 17.2 Å². The first-order valence-corrected chi connectivity index (χ1v) is 6.30. The number of rotatable bonds is 2. The molecule has 4 heteroatoms. The number of nitrogens with one attached hydrogen (secondary N) is 1. The highest BCUT2D eigenvalue weighted by atomic mass is 35.5. The number of pyridine rings is 1. The van der Waals surface area contributed by atoms with Crippen LogP contribution in [0.4, 0.5) is 0 Å². The number of allylic oxidation sites excluding steroid dienone is 1. The van der Waals surface area contributed by atoms with Crippen molar-refractivity contribution in [3.8, 4) is 5.75 Å². The van der Waals surface area contributed by atoms with E-state index in [1.807, 2.05) is 12.3 Å². The summed E-state index contributed by atoms with van der Waals surface area (Å²) in [6.07, 6.45) is 6.58. The minimum atomic E-state index is 0.422. The molecule has 0 radical (unpaired) electrons. The van der Waals surface area contributed by atoms with Crippen LogP contribution in [0, 0.1) is 5.92 Å². The Labute approximate surface area is 106 Å². The maximum absolute atomic E-state index is 5.94. The third-order valence-corrected chi connectivity index (χ3v) is 3.97. The molecular formula is C13H15ClN2O. The van der Waals surface area contributed by atoms with Crippen LogP contribution in [0.3, 0.4) is 0 Å². The van der Waals surface area contributed by atoms with Crippen LogP contribution in [0.1, 0.15) is 18.4 Å². The van der Waals surface area contributed by atoms with Crippen LogP contribution in [0.25, 0.3) is 5.57 Å². The Bertz CT molecular complexity index is 472. The van der Waals surface area contributed by atoms with Crippen LogP contribution in [0.2, 0.25) is 5.15 Å². The number of hydrogen-bond acceptors (Lipinski definition) is 3. The molecule has 3 nitrogen and oxygen atoms in total. The van der Waals surface area contributed by atoms with Gasteiger partial charge in [-0.15, -0.1) is 0 Å². The fraction of sp³-hybridized carbons (Fsp3) is 0.462. The third kappa shape index (κ3) is 1.83. The van der Waals surface area contributed by atoms with Crippen LogP contribution in [0.15, 0.2) is 18.3 Å². The van der Waals surface area contributed by atoms with Gasteiger partial charge >= 0.3 is 0 Å². The van der Waals surface area contributed by atoms with E-state index < -0.39 is 0 Å². The average Bonchev–Trinajstić information content (AvgIpc) is 2.92. The molecule has 1 aromatic rings. The summed E-state index contributed by atoms with van der Waals surface area (Å²) in [4.78, 5) is 4.18. The van der Waals surface area contributed by atoms with Crippen LogP contribution >= 0.6 is 11.6 Å². The van der Waals surface area contributed by atoms with Crippen molar-refractivity contribution in [1.29, 1.82) is 0 Å². The topological polar surface area (TPSA) is 34.1 Å². The highest BCUT2D eigenvalue weighted by Gasteiger charge is 2.34. The minimum Gasteiger partial charge on any atom is -0.494 e. The van der Waals surface area contributed by atoms with Crippen molar-refractivity contribution in [3.05, 3.63) is 29.1 Å². The van der Waals surface area contributed by atoms with Gasteiger partial charge in [-0.3, -0.25) is 0 Å². The van der Waals surface area contributed by atoms with Crippen molar-refractivity contribution in [2.24, 2.45) is 5.92 Å². The summed E-state index contributed by atoms with van der Waals surface area (Å²) in [6, 6.07) is 2.46. The molecule has 3 rings (SSSR count). The van der Waals surface area contributed by atoms with Gasteiger partial charge in [0.2, 0.25) is 0 Å². The standard InChI is InChI=1S/C13H15ClN2O/c1-17-11-6-9(7-16-13(11)14)10-3-2-8-4-5-15-12(8)10/h3,6-8,12,15H,2,4-5H2,1H3/t8-,12+/m0/s1. The first-order valence-electron chi connectivity index (χ1n) is 5.93. The quantitative estimate of drug-likeness (QED) is 0.819. The number of aromatic nitrogens is 1. The summed E-state index contributed by atoms with van der Waals surface area (Å²) in [5, 5.41) is 3.97. The van der Waals surface area contributed by atoms with E-state index in [1.165, 1.54) is 12.0 Å². The largest absolute Gasteiger partial charge is 0.494 e. The second kappa shape index (κ2) is 4.31. The molecule has 2 atom stereocenters. The first kappa shape index (κ1) is 11.1. The number of methoxy groups -OCH3 is 1. The molecule has 2 heterocycles. The van der Waals surface area contributed by atoms with Crippen LogP contribution < -0.4 is 10.1 Å². The van der Waals surface area contributed by atoms with Crippen molar-refractivity contribution in [2.45, 2.75) is 18.9 Å². The summed E-state index contributed by atoms with van der Waals surface area (Å²) >= 11 is 5.94. The van der Waals surface area contributed by atoms with Gasteiger partial charge in [0.15, 0.2) is 10.9 Å². The van der Waals surface area contributed by atoms with E-state index >= 15 is 0 Å². The second-order valence-corrected chi connectivity index (χ2v) is 4.95. The zero-order valence-electron chi connectivity index (χ0n) is 9.74. The van der Waals surface area contributed by atoms with E-state index in [9.17, 15) is 0 Å². The summed E-state index contributed by atoms with van der Waals surface area (Å²) < 4.78 is 5.21. The summed E-state index contributed by atoms with van der Waals surface area (Å²) in [6.45, 7) is 1.12. The van der Waals surface area contributed by atoms with Crippen LogP contribution in [-0.2, 0) is 0 Å². The summed E-state index contributed by atoms with van der Waals surface area (Å²) in [7, 11) is 1.62. The average molecular weight is 251 g/mol. The van der Waals surface area contributed by atoms with E-state index in [0.29, 0.717) is 16.9 Å². The number of fused-ring (bicyclic) bond motifs is 1. The predicted octanol–water partition coefficient (Wildman–Crippen LogP) is 2.51. The lowest BCUT2D eigenvalue weighted by Crippen LogP contribution is -2.24. The molecule has 1 fully saturated rings. The molecule has 0 bridgehead atoms. The van der Waals surface area contributed by atoms with Gasteiger partial charge in [0, 0.05) is 17.8 Å². The van der Waals surface area contributed by atoms with E-state index in [1.54, 1.807) is 7.11 Å². The molecule has 1 aliphatic heterocycles. The molecule has 1 saturated heterocycles. The molecule has 1 aliphatic carbocycles. The fourth-order valence-corrected chi connectivity index (χ4v) is 2.99. The van der Waals surface area contributed by atoms with Gasteiger partial charge in [0.1, 0.15) is 0 Å². The lowest BCUT2D eigenvalue weighted by molar-refractivity contribution is 0.413. The van der Waals surface area contributed by atoms with Gasteiger partial charge in [-0.05, 0) is 36.9 Å². The highest BCUT2D eigenvalue weighted by Crippen LogP contribution is 2.38. The van der Waals surface area contributed by atoms with Crippen LogP contribution in [-0.4, -0.2) is 24.7 Å². The number of hydrogen-bond donors (Lipinski definition) is 1. The number of halogens is 1. The van der Waals surface area contributed by atoms with Gasteiger partial charge in [-0.25, -0.2) is 4.98 Å². The molecule has 1 N–H and O–H groups in total. The molecule has 17 heavy (non-hydrogen) atoms.